The molecule has 160 valence electrons. The summed E-state index contributed by atoms with van der Waals surface area (Å²) in [6.45, 7) is 3.56. The van der Waals surface area contributed by atoms with E-state index in [1.165, 1.54) is 12.1 Å². The average Bonchev–Trinajstić information content (AvgIpc) is 2.75. The van der Waals surface area contributed by atoms with Crippen LogP contribution < -0.4 is 5.73 Å². The van der Waals surface area contributed by atoms with E-state index in [0.717, 1.165) is 19.3 Å². The molecule has 0 bridgehead atoms. The number of carbonyl (C=O) groups excluding carboxylic acids is 4. The highest BCUT2D eigenvalue weighted by Crippen LogP contribution is 2.33. The minimum atomic E-state index is -0.801. The molecule has 0 radical (unpaired) electrons. The first kappa shape index (κ1) is 20.8. The lowest BCUT2D eigenvalue weighted by Crippen LogP contribution is -2.49. The Bertz CT molecular complexity index is 1100. The quantitative estimate of drug-likeness (QED) is 0.516. The van der Waals surface area contributed by atoms with E-state index in [1.54, 1.807) is 29.2 Å². The van der Waals surface area contributed by atoms with Gasteiger partial charge in [-0.1, -0.05) is 24.3 Å². The van der Waals surface area contributed by atoms with Crippen molar-refractivity contribution in [1.29, 1.82) is 0 Å². The summed E-state index contributed by atoms with van der Waals surface area (Å²) in [6.07, 6.45) is 2.90. The number of nitrogen functional groups attached to an aromatic ring is 1. The van der Waals surface area contributed by atoms with Crippen molar-refractivity contribution in [2.45, 2.75) is 45.2 Å². The third-order valence-corrected chi connectivity index (χ3v) is 6.16. The fraction of sp³-hybridized carbons (Fsp3) is 0.333. The second kappa shape index (κ2) is 7.98. The highest BCUT2D eigenvalue weighted by Gasteiger charge is 2.34. The Kier molecular flexibility index (Phi) is 5.35. The highest BCUT2D eigenvalue weighted by atomic mass is 16.5. The van der Waals surface area contributed by atoms with E-state index in [-0.39, 0.29) is 51.7 Å². The number of amides is 1. The van der Waals surface area contributed by atoms with E-state index in [4.69, 9.17) is 10.5 Å². The van der Waals surface area contributed by atoms with Gasteiger partial charge in [0, 0.05) is 28.8 Å². The van der Waals surface area contributed by atoms with Crippen molar-refractivity contribution in [3.8, 4) is 0 Å². The Hall–Kier alpha value is -3.48. The largest absolute Gasteiger partial charge is 0.452 e. The number of fused-ring (bicyclic) bond motifs is 2. The molecule has 2 atom stereocenters. The lowest BCUT2D eigenvalue weighted by atomic mass is 9.82. The van der Waals surface area contributed by atoms with Gasteiger partial charge in [-0.2, -0.15) is 0 Å². The number of likely N-dealkylation sites (tertiary alicyclic amines) is 1. The maximum atomic E-state index is 12.9. The van der Waals surface area contributed by atoms with Gasteiger partial charge in [0.1, 0.15) is 0 Å². The molecule has 0 saturated carbocycles. The number of nitrogens with zero attached hydrogens (tertiary/aromatic N) is 1. The van der Waals surface area contributed by atoms with Crippen molar-refractivity contribution in [3.63, 3.8) is 0 Å². The molecule has 7 heteroatoms. The maximum absolute atomic E-state index is 12.9. The van der Waals surface area contributed by atoms with Gasteiger partial charge < -0.3 is 15.4 Å². The van der Waals surface area contributed by atoms with Crippen molar-refractivity contribution in [2.75, 3.05) is 12.3 Å². The lowest BCUT2D eigenvalue weighted by Gasteiger charge is -2.38. The van der Waals surface area contributed by atoms with Crippen molar-refractivity contribution in [1.82, 2.24) is 4.90 Å². The zero-order valence-corrected chi connectivity index (χ0v) is 17.5. The van der Waals surface area contributed by atoms with Crippen molar-refractivity contribution in [3.05, 3.63) is 64.2 Å². The van der Waals surface area contributed by atoms with Crippen LogP contribution in [0.5, 0.6) is 0 Å². The third kappa shape index (κ3) is 3.50. The third-order valence-electron chi connectivity index (χ3n) is 6.16. The van der Waals surface area contributed by atoms with E-state index >= 15 is 0 Å². The fourth-order valence-electron chi connectivity index (χ4n) is 4.58. The van der Waals surface area contributed by atoms with Crippen LogP contribution >= 0.6 is 0 Å². The Morgan fingerprint density at radius 3 is 2.23 bits per heavy atom. The first-order valence-corrected chi connectivity index (χ1v) is 10.4. The van der Waals surface area contributed by atoms with Gasteiger partial charge in [-0.05, 0) is 45.2 Å². The summed E-state index contributed by atoms with van der Waals surface area (Å²) in [5.74, 6) is -1.79. The molecular weight excluding hydrogens is 396 g/mol. The van der Waals surface area contributed by atoms with Crippen molar-refractivity contribution in [2.24, 2.45) is 0 Å². The predicted molar refractivity (Wildman–Crippen MR) is 114 cm³/mol. The summed E-state index contributed by atoms with van der Waals surface area (Å²) in [4.78, 5) is 52.8. The molecule has 2 aliphatic rings. The SMILES string of the molecule is C[C@@H]1CCC[C@@H](C)N1C(=O)COC(=O)c1ccc2c(c1N)C(=O)c1ccccc1C2=O. The average molecular weight is 420 g/mol. The Morgan fingerprint density at radius 2 is 1.58 bits per heavy atom. The number of rotatable bonds is 3. The summed E-state index contributed by atoms with van der Waals surface area (Å²) in [5.41, 5.74) is 6.72. The molecule has 1 saturated heterocycles. The topological polar surface area (TPSA) is 107 Å². The monoisotopic (exact) mass is 420 g/mol. The first-order valence-electron chi connectivity index (χ1n) is 10.4. The maximum Gasteiger partial charge on any atom is 0.340 e. The molecule has 2 aromatic rings. The molecule has 4 rings (SSSR count). The van der Waals surface area contributed by atoms with Crippen LogP contribution in [-0.2, 0) is 9.53 Å². The van der Waals surface area contributed by atoms with Gasteiger partial charge >= 0.3 is 5.97 Å². The Balaban J connectivity index is 1.56. The number of benzene rings is 2. The summed E-state index contributed by atoms with van der Waals surface area (Å²) in [7, 11) is 0. The van der Waals surface area contributed by atoms with Crippen LogP contribution in [0.1, 0.15) is 75.3 Å². The van der Waals surface area contributed by atoms with Crippen molar-refractivity contribution < 1.29 is 23.9 Å². The molecule has 7 nitrogen and oxygen atoms in total. The molecular formula is C24H24N2O5. The molecule has 0 aromatic heterocycles. The number of ketones is 2. The van der Waals surface area contributed by atoms with Crippen LogP contribution in [0.25, 0.3) is 0 Å². The minimum Gasteiger partial charge on any atom is -0.452 e. The van der Waals surface area contributed by atoms with E-state index in [0.29, 0.717) is 5.56 Å². The van der Waals surface area contributed by atoms with Gasteiger partial charge in [0.2, 0.25) is 0 Å². The first-order chi connectivity index (χ1) is 14.8. The van der Waals surface area contributed by atoms with E-state index < -0.39 is 18.4 Å². The second-order valence-corrected chi connectivity index (χ2v) is 8.16. The van der Waals surface area contributed by atoms with Gasteiger partial charge in [-0.3, -0.25) is 14.4 Å². The molecule has 0 spiro atoms. The molecule has 2 N–H and O–H groups in total. The van der Waals surface area contributed by atoms with Crippen LogP contribution in [0.15, 0.2) is 36.4 Å². The number of carbonyl (C=O) groups is 4. The number of nitrogens with two attached hydrogens (primary N) is 1. The van der Waals surface area contributed by atoms with Crippen LogP contribution in [0, 0.1) is 0 Å². The molecule has 1 aliphatic heterocycles. The highest BCUT2D eigenvalue weighted by molar-refractivity contribution is 6.30. The van der Waals surface area contributed by atoms with Gasteiger partial charge in [0.15, 0.2) is 18.2 Å². The van der Waals surface area contributed by atoms with Crippen LogP contribution in [0.2, 0.25) is 0 Å². The standard InChI is InChI=1S/C24H24N2O5/c1-13-6-5-7-14(2)26(13)19(27)12-31-24(30)18-11-10-17-20(21(18)25)23(29)16-9-4-3-8-15(16)22(17)28/h3-4,8-11,13-14H,5-7,12,25H2,1-2H3/t13-,14-/m1/s1. The Labute approximate surface area is 180 Å². The molecule has 2 aromatic carbocycles. The fourth-order valence-corrected chi connectivity index (χ4v) is 4.58. The van der Waals surface area contributed by atoms with E-state index in [9.17, 15) is 19.2 Å². The van der Waals surface area contributed by atoms with Crippen molar-refractivity contribution >= 4 is 29.1 Å². The normalized spacial score (nSPS) is 20.1. The van der Waals surface area contributed by atoms with Gasteiger partial charge in [-0.15, -0.1) is 0 Å². The minimum absolute atomic E-state index is 0.00255. The molecule has 1 amide bonds. The Morgan fingerprint density at radius 1 is 0.968 bits per heavy atom. The smallest absolute Gasteiger partial charge is 0.340 e. The van der Waals surface area contributed by atoms with Gasteiger partial charge in [-0.25, -0.2) is 4.79 Å². The van der Waals surface area contributed by atoms with E-state index in [2.05, 4.69) is 0 Å². The number of piperidine rings is 1. The number of anilines is 1. The molecule has 31 heavy (non-hydrogen) atoms. The van der Waals surface area contributed by atoms with Gasteiger partial charge in [0.25, 0.3) is 5.91 Å². The zero-order chi connectivity index (χ0) is 22.3. The zero-order valence-electron chi connectivity index (χ0n) is 17.5. The number of hydrogen-bond acceptors (Lipinski definition) is 6. The summed E-state index contributed by atoms with van der Waals surface area (Å²) < 4.78 is 5.24. The van der Waals surface area contributed by atoms with Gasteiger partial charge in [0.05, 0.1) is 16.8 Å². The summed E-state index contributed by atoms with van der Waals surface area (Å²) in [5, 5.41) is 0. The van der Waals surface area contributed by atoms with Crippen LogP contribution in [-0.4, -0.2) is 47.0 Å². The summed E-state index contributed by atoms with van der Waals surface area (Å²) >= 11 is 0. The summed E-state index contributed by atoms with van der Waals surface area (Å²) in [6, 6.07) is 9.46. The number of esters is 1. The number of hydrogen-bond donors (Lipinski definition) is 1. The molecule has 1 aliphatic carbocycles. The number of ether oxygens (including phenoxy) is 1. The molecule has 0 unspecified atom stereocenters. The molecule has 1 fully saturated rings. The second-order valence-electron chi connectivity index (χ2n) is 8.16. The molecule has 1 heterocycles. The van der Waals surface area contributed by atoms with Crippen LogP contribution in [0.4, 0.5) is 5.69 Å². The predicted octanol–water partition coefficient (Wildman–Crippen LogP) is 2.99. The lowest BCUT2D eigenvalue weighted by molar-refractivity contribution is -0.140. The van der Waals surface area contributed by atoms with Crippen LogP contribution in [0.3, 0.4) is 0 Å². The van der Waals surface area contributed by atoms with E-state index in [1.807, 2.05) is 13.8 Å².